The van der Waals surface area contributed by atoms with E-state index >= 15 is 0 Å². The van der Waals surface area contributed by atoms with Crippen LogP contribution in [0, 0.1) is 0 Å². The van der Waals surface area contributed by atoms with Crippen molar-refractivity contribution in [1.82, 2.24) is 0 Å². The quantitative estimate of drug-likeness (QED) is 0.572. The first-order valence-corrected chi connectivity index (χ1v) is 8.95. The molecule has 0 spiro atoms. The molecule has 1 nitrogen and oxygen atoms in total. The van der Waals surface area contributed by atoms with Gasteiger partial charge in [-0.25, -0.2) is 0 Å². The summed E-state index contributed by atoms with van der Waals surface area (Å²) in [5, 5.41) is 0. The number of benzene rings is 2. The van der Waals surface area contributed by atoms with Crippen LogP contribution in [-0.4, -0.2) is 23.0 Å². The summed E-state index contributed by atoms with van der Waals surface area (Å²) in [6.07, 6.45) is 1.53. The molecular weight excluding hydrogens is 327 g/mol. The average molecular weight is 351 g/mol. The van der Waals surface area contributed by atoms with E-state index in [1.54, 1.807) is 0 Å². The number of alkyl halides is 2. The molecule has 2 aromatic rings. The smallest absolute Gasteiger partial charge is 0.0837 e. The Bertz CT molecular complexity index is 534. The minimum Gasteiger partial charge on any atom is -0.366 e. The molecule has 0 amide bonds. The van der Waals surface area contributed by atoms with E-state index in [0.717, 1.165) is 12.8 Å². The second-order valence-electron chi connectivity index (χ2n) is 6.59. The highest BCUT2D eigenvalue weighted by Crippen LogP contribution is 2.29. The fraction of sp³-hybridized carbons (Fsp3) is 0.400. The number of hydrogen-bond donors (Lipinski definition) is 0. The molecule has 0 saturated heterocycles. The van der Waals surface area contributed by atoms with Crippen molar-refractivity contribution in [3.05, 3.63) is 71.8 Å². The fourth-order valence-corrected chi connectivity index (χ4v) is 3.17. The van der Waals surface area contributed by atoms with Gasteiger partial charge in [-0.05, 0) is 25.0 Å². The van der Waals surface area contributed by atoms with Crippen LogP contribution in [0.4, 0.5) is 0 Å². The van der Waals surface area contributed by atoms with Gasteiger partial charge in [0.1, 0.15) is 0 Å². The van der Waals surface area contributed by atoms with Gasteiger partial charge in [-0.15, -0.1) is 23.2 Å². The zero-order chi connectivity index (χ0) is 16.8. The first kappa shape index (κ1) is 18.3. The summed E-state index contributed by atoms with van der Waals surface area (Å²) in [7, 11) is 0. The van der Waals surface area contributed by atoms with E-state index in [9.17, 15) is 0 Å². The van der Waals surface area contributed by atoms with Crippen molar-refractivity contribution >= 4 is 23.2 Å². The minimum absolute atomic E-state index is 0.420. The Kier molecular flexibility index (Phi) is 6.52. The molecule has 124 valence electrons. The van der Waals surface area contributed by atoms with Crippen LogP contribution < -0.4 is 0 Å². The molecule has 23 heavy (non-hydrogen) atoms. The zero-order valence-electron chi connectivity index (χ0n) is 13.8. The summed E-state index contributed by atoms with van der Waals surface area (Å²) in [5.41, 5.74) is 1.52. The van der Waals surface area contributed by atoms with Crippen molar-refractivity contribution in [3.8, 4) is 0 Å². The molecule has 0 aliphatic heterocycles. The molecule has 2 rings (SSSR count). The fourth-order valence-electron chi connectivity index (χ4n) is 2.87. The van der Waals surface area contributed by atoms with Crippen LogP contribution >= 0.6 is 23.2 Å². The topological polar surface area (TPSA) is 9.23 Å². The third kappa shape index (κ3) is 5.53. The van der Waals surface area contributed by atoms with Gasteiger partial charge in [0.15, 0.2) is 0 Å². The van der Waals surface area contributed by atoms with Crippen LogP contribution in [-0.2, 0) is 17.6 Å². The van der Waals surface area contributed by atoms with Gasteiger partial charge in [0.25, 0.3) is 0 Å². The van der Waals surface area contributed by atoms with Crippen molar-refractivity contribution < 1.29 is 4.74 Å². The largest absolute Gasteiger partial charge is 0.366 e. The molecule has 0 radical (unpaired) electrons. The maximum absolute atomic E-state index is 6.47. The van der Waals surface area contributed by atoms with Gasteiger partial charge in [0.2, 0.25) is 0 Å². The van der Waals surface area contributed by atoms with Gasteiger partial charge in [-0.3, -0.25) is 0 Å². The van der Waals surface area contributed by atoms with Gasteiger partial charge in [0, 0.05) is 12.8 Å². The van der Waals surface area contributed by atoms with Crippen LogP contribution in [0.3, 0.4) is 0 Å². The molecule has 0 aromatic heterocycles. The highest BCUT2D eigenvalue weighted by Gasteiger charge is 2.35. The van der Waals surface area contributed by atoms with Crippen LogP contribution in [0.2, 0.25) is 0 Å². The second kappa shape index (κ2) is 8.19. The predicted molar refractivity (Wildman–Crippen MR) is 99.6 cm³/mol. The van der Waals surface area contributed by atoms with E-state index < -0.39 is 11.2 Å². The van der Waals surface area contributed by atoms with E-state index in [-0.39, 0.29) is 0 Å². The van der Waals surface area contributed by atoms with Gasteiger partial charge >= 0.3 is 0 Å². The summed E-state index contributed by atoms with van der Waals surface area (Å²) in [5.74, 6) is 0.840. The SMILES string of the molecule is CC(CCl)(Cc1ccccc1)OC(C)(CCl)Cc1ccccc1. The zero-order valence-corrected chi connectivity index (χ0v) is 15.3. The highest BCUT2D eigenvalue weighted by molar-refractivity contribution is 6.19. The molecule has 0 aliphatic carbocycles. The predicted octanol–water partition coefficient (Wildman–Crippen LogP) is 5.48. The van der Waals surface area contributed by atoms with Crippen LogP contribution in [0.5, 0.6) is 0 Å². The van der Waals surface area contributed by atoms with E-state index in [2.05, 4.69) is 38.1 Å². The van der Waals surface area contributed by atoms with Crippen molar-refractivity contribution in [2.75, 3.05) is 11.8 Å². The average Bonchev–Trinajstić information content (AvgIpc) is 2.56. The monoisotopic (exact) mass is 350 g/mol. The maximum Gasteiger partial charge on any atom is 0.0837 e. The molecular formula is C20H24Cl2O. The number of rotatable bonds is 8. The normalized spacial score (nSPS) is 16.5. The number of hydrogen-bond acceptors (Lipinski definition) is 1. The third-order valence-electron chi connectivity index (χ3n) is 3.90. The standard InChI is InChI=1S/C20H24Cl2O/c1-19(15-21,13-17-9-5-3-6-10-17)23-20(2,16-22)14-18-11-7-4-8-12-18/h3-12H,13-16H2,1-2H3. The van der Waals surface area contributed by atoms with Gasteiger partial charge in [-0.2, -0.15) is 0 Å². The Balaban J connectivity index is 2.13. The molecule has 2 atom stereocenters. The highest BCUT2D eigenvalue weighted by atomic mass is 35.5. The number of ether oxygens (including phenoxy) is 1. The Hall–Kier alpha value is -1.02. The Morgan fingerprint density at radius 2 is 1.04 bits per heavy atom. The van der Waals surface area contributed by atoms with Crippen molar-refractivity contribution in [2.24, 2.45) is 0 Å². The maximum atomic E-state index is 6.47. The molecule has 0 N–H and O–H groups in total. The first-order valence-electron chi connectivity index (χ1n) is 7.89. The van der Waals surface area contributed by atoms with Gasteiger partial charge in [0.05, 0.1) is 23.0 Å². The summed E-state index contributed by atoms with van der Waals surface area (Å²) < 4.78 is 6.47. The van der Waals surface area contributed by atoms with Gasteiger partial charge in [-0.1, -0.05) is 60.7 Å². The minimum atomic E-state index is -0.457. The van der Waals surface area contributed by atoms with E-state index in [1.807, 2.05) is 36.4 Å². The van der Waals surface area contributed by atoms with Crippen LogP contribution in [0.1, 0.15) is 25.0 Å². The molecule has 2 unspecified atom stereocenters. The summed E-state index contributed by atoms with van der Waals surface area (Å²) >= 11 is 12.5. The lowest BCUT2D eigenvalue weighted by atomic mass is 9.93. The van der Waals surface area contributed by atoms with Crippen LogP contribution in [0.15, 0.2) is 60.7 Å². The Morgan fingerprint density at radius 1 is 0.696 bits per heavy atom. The summed E-state index contributed by atoms with van der Waals surface area (Å²) in [6, 6.07) is 20.6. The molecule has 0 saturated carbocycles. The Morgan fingerprint density at radius 3 is 1.35 bits per heavy atom. The molecule has 0 fully saturated rings. The van der Waals surface area contributed by atoms with Crippen molar-refractivity contribution in [1.29, 1.82) is 0 Å². The molecule has 0 aliphatic rings. The molecule has 2 aromatic carbocycles. The van der Waals surface area contributed by atoms with E-state index in [0.29, 0.717) is 11.8 Å². The summed E-state index contributed by atoms with van der Waals surface area (Å²) in [4.78, 5) is 0. The second-order valence-corrected chi connectivity index (χ2v) is 7.13. The first-order chi connectivity index (χ1) is 11.0. The number of halogens is 2. The molecule has 3 heteroatoms. The van der Waals surface area contributed by atoms with E-state index in [1.165, 1.54) is 11.1 Å². The van der Waals surface area contributed by atoms with Crippen LogP contribution in [0.25, 0.3) is 0 Å². The lowest BCUT2D eigenvalue weighted by molar-refractivity contribution is -0.117. The molecule has 0 heterocycles. The van der Waals surface area contributed by atoms with E-state index in [4.69, 9.17) is 27.9 Å². The summed E-state index contributed by atoms with van der Waals surface area (Å²) in [6.45, 7) is 4.12. The van der Waals surface area contributed by atoms with Crippen molar-refractivity contribution in [3.63, 3.8) is 0 Å². The van der Waals surface area contributed by atoms with Crippen molar-refractivity contribution in [2.45, 2.75) is 37.9 Å². The lowest BCUT2D eigenvalue weighted by Gasteiger charge is -2.39. The lowest BCUT2D eigenvalue weighted by Crippen LogP contribution is -2.46. The van der Waals surface area contributed by atoms with Gasteiger partial charge < -0.3 is 4.74 Å². The third-order valence-corrected chi connectivity index (χ3v) is 5.03. The Labute approximate surface area is 149 Å². The molecule has 0 bridgehead atoms.